The van der Waals surface area contributed by atoms with Gasteiger partial charge in [-0.3, -0.25) is 4.98 Å². The normalized spacial score (nSPS) is 11.4. The van der Waals surface area contributed by atoms with Gasteiger partial charge in [0, 0.05) is 34.1 Å². The molecule has 6 aromatic rings. The zero-order valence-electron chi connectivity index (χ0n) is 22.3. The van der Waals surface area contributed by atoms with Crippen LogP contribution in [0.4, 0.5) is 0 Å². The number of aryl methyl sites for hydroxylation is 2. The van der Waals surface area contributed by atoms with E-state index in [4.69, 9.17) is 15.0 Å². The number of hydrogen-bond acceptors (Lipinski definition) is 4. The van der Waals surface area contributed by atoms with E-state index >= 15 is 0 Å². The summed E-state index contributed by atoms with van der Waals surface area (Å²) in [4.78, 5) is 19.4. The van der Waals surface area contributed by atoms with Crippen molar-refractivity contribution in [3.05, 3.63) is 126 Å². The Hall–Kier alpha value is -4.96. The summed E-state index contributed by atoms with van der Waals surface area (Å²) < 4.78 is 0. The number of hydrogen-bond donors (Lipinski definition) is 0. The number of pyridine rings is 1. The lowest BCUT2D eigenvalue weighted by Gasteiger charge is -2.11. The lowest BCUT2D eigenvalue weighted by Crippen LogP contribution is -2.01. The molecule has 4 aromatic carbocycles. The smallest absolute Gasteiger partial charge is 0.164 e. The van der Waals surface area contributed by atoms with E-state index in [2.05, 4.69) is 109 Å². The van der Waals surface area contributed by atoms with Crippen molar-refractivity contribution in [1.82, 2.24) is 19.9 Å². The summed E-state index contributed by atoms with van der Waals surface area (Å²) >= 11 is 0. The van der Waals surface area contributed by atoms with Gasteiger partial charge in [-0.1, -0.05) is 84.9 Å². The molecule has 0 aliphatic carbocycles. The van der Waals surface area contributed by atoms with Gasteiger partial charge in [0.15, 0.2) is 17.5 Å². The van der Waals surface area contributed by atoms with Gasteiger partial charge in [-0.15, -0.1) is 0 Å². The van der Waals surface area contributed by atoms with Gasteiger partial charge in [-0.25, -0.2) is 15.0 Å². The molecule has 188 valence electrons. The number of rotatable bonds is 5. The Morgan fingerprint density at radius 1 is 0.564 bits per heavy atom. The van der Waals surface area contributed by atoms with E-state index in [9.17, 15) is 0 Å². The second kappa shape index (κ2) is 10.4. The molecule has 0 N–H and O–H groups in total. The minimum Gasteiger partial charge on any atom is -0.261 e. The molecule has 39 heavy (non-hydrogen) atoms. The Morgan fingerprint density at radius 3 is 1.97 bits per heavy atom. The minimum absolute atomic E-state index is 0.639. The highest BCUT2D eigenvalue weighted by atomic mass is 15.0. The Kier molecular flexibility index (Phi) is 6.52. The molecule has 0 bridgehead atoms. The Morgan fingerprint density at radius 2 is 1.23 bits per heavy atom. The zero-order valence-corrected chi connectivity index (χ0v) is 22.3. The van der Waals surface area contributed by atoms with Crippen LogP contribution in [-0.2, 0) is 0 Å². The quantitative estimate of drug-likeness (QED) is 0.235. The molecule has 0 atom stereocenters. The van der Waals surface area contributed by atoms with E-state index in [0.717, 1.165) is 44.5 Å². The Labute approximate surface area is 228 Å². The van der Waals surface area contributed by atoms with Crippen LogP contribution in [0.5, 0.6) is 0 Å². The largest absolute Gasteiger partial charge is 0.261 e. The fraction of sp³-hybridized carbons (Fsp3) is 0.0857. The summed E-state index contributed by atoms with van der Waals surface area (Å²) in [5, 5.41) is 2.34. The number of nitrogens with zero attached hydrogens (tertiary/aromatic N) is 4. The second-order valence-corrected chi connectivity index (χ2v) is 9.66. The van der Waals surface area contributed by atoms with Crippen LogP contribution in [0.1, 0.15) is 23.7 Å². The molecule has 0 aliphatic heterocycles. The highest BCUT2D eigenvalue weighted by Gasteiger charge is 2.14. The standard InChI is InChI=1S/C35H28N4/c1-4-9-26-20-30(16-15-23(26)2)34-37-33(29-13-7-12-28(22-29)32-14-8-19-36-24(32)3)38-35(39-34)31-18-17-25-10-5-6-11-27(25)21-31/h4-22H,1-3H3/b9-4-. The minimum atomic E-state index is 0.639. The van der Waals surface area contributed by atoms with E-state index < -0.39 is 0 Å². The van der Waals surface area contributed by atoms with Gasteiger partial charge in [-0.2, -0.15) is 0 Å². The SMILES string of the molecule is C/C=C\c1cc(-c2nc(-c3cccc(-c4cccnc4C)c3)nc(-c3ccc4ccccc4c3)n2)ccc1C. The van der Waals surface area contributed by atoms with Gasteiger partial charge in [0.2, 0.25) is 0 Å². The first-order valence-corrected chi connectivity index (χ1v) is 13.1. The maximum atomic E-state index is 4.99. The van der Waals surface area contributed by atoms with Crippen LogP contribution in [0.3, 0.4) is 0 Å². The van der Waals surface area contributed by atoms with E-state index in [1.807, 2.05) is 32.2 Å². The summed E-state index contributed by atoms with van der Waals surface area (Å²) in [6, 6.07) is 33.4. The van der Waals surface area contributed by atoms with Crippen LogP contribution in [-0.4, -0.2) is 19.9 Å². The van der Waals surface area contributed by atoms with Crippen molar-refractivity contribution in [1.29, 1.82) is 0 Å². The average molecular weight is 505 g/mol. The van der Waals surface area contributed by atoms with Gasteiger partial charge in [0.25, 0.3) is 0 Å². The molecule has 4 heteroatoms. The van der Waals surface area contributed by atoms with Crippen molar-refractivity contribution in [2.45, 2.75) is 20.8 Å². The molecule has 0 aliphatic rings. The fourth-order valence-electron chi connectivity index (χ4n) is 4.85. The summed E-state index contributed by atoms with van der Waals surface area (Å²) in [7, 11) is 0. The van der Waals surface area contributed by atoms with Crippen LogP contribution in [0, 0.1) is 13.8 Å². The molecule has 2 heterocycles. The highest BCUT2D eigenvalue weighted by Crippen LogP contribution is 2.30. The summed E-state index contributed by atoms with van der Waals surface area (Å²) in [6.07, 6.45) is 5.99. The molecule has 0 unspecified atom stereocenters. The third-order valence-electron chi connectivity index (χ3n) is 6.97. The molecule has 0 radical (unpaired) electrons. The van der Waals surface area contributed by atoms with Crippen LogP contribution in [0.15, 0.2) is 109 Å². The highest BCUT2D eigenvalue weighted by molar-refractivity contribution is 5.86. The van der Waals surface area contributed by atoms with Crippen molar-refractivity contribution < 1.29 is 0 Å². The summed E-state index contributed by atoms with van der Waals surface area (Å²) in [6.45, 7) is 6.17. The van der Waals surface area contributed by atoms with Crippen molar-refractivity contribution >= 4 is 16.8 Å². The predicted molar refractivity (Wildman–Crippen MR) is 161 cm³/mol. The van der Waals surface area contributed by atoms with Gasteiger partial charge < -0.3 is 0 Å². The summed E-state index contributed by atoms with van der Waals surface area (Å²) in [5.74, 6) is 1.94. The third-order valence-corrected chi connectivity index (χ3v) is 6.97. The molecule has 4 nitrogen and oxygen atoms in total. The van der Waals surface area contributed by atoms with Crippen LogP contribution in [0.2, 0.25) is 0 Å². The van der Waals surface area contributed by atoms with Gasteiger partial charge in [0.05, 0.1) is 0 Å². The molecule has 6 rings (SSSR count). The Bertz CT molecular complexity index is 1850. The lowest BCUT2D eigenvalue weighted by atomic mass is 10.0. The molecular formula is C35H28N4. The number of fused-ring (bicyclic) bond motifs is 1. The number of aromatic nitrogens is 4. The molecule has 0 spiro atoms. The molecular weight excluding hydrogens is 476 g/mol. The monoisotopic (exact) mass is 504 g/mol. The van der Waals surface area contributed by atoms with Crippen molar-refractivity contribution in [3.8, 4) is 45.3 Å². The van der Waals surface area contributed by atoms with Gasteiger partial charge in [0.1, 0.15) is 0 Å². The van der Waals surface area contributed by atoms with E-state index in [1.54, 1.807) is 0 Å². The van der Waals surface area contributed by atoms with Crippen molar-refractivity contribution in [3.63, 3.8) is 0 Å². The third kappa shape index (κ3) is 4.97. The van der Waals surface area contributed by atoms with Crippen LogP contribution in [0.25, 0.3) is 62.1 Å². The number of benzene rings is 4. The summed E-state index contributed by atoms with van der Waals surface area (Å²) in [5.41, 5.74) is 8.37. The van der Waals surface area contributed by atoms with E-state index in [1.165, 1.54) is 10.9 Å². The van der Waals surface area contributed by atoms with Gasteiger partial charge in [-0.05, 0) is 72.5 Å². The first-order chi connectivity index (χ1) is 19.1. The van der Waals surface area contributed by atoms with Gasteiger partial charge >= 0.3 is 0 Å². The first kappa shape index (κ1) is 24.4. The van der Waals surface area contributed by atoms with Crippen LogP contribution >= 0.6 is 0 Å². The van der Waals surface area contributed by atoms with Crippen molar-refractivity contribution in [2.24, 2.45) is 0 Å². The molecule has 0 saturated carbocycles. The second-order valence-electron chi connectivity index (χ2n) is 9.66. The number of allylic oxidation sites excluding steroid dienone is 1. The maximum Gasteiger partial charge on any atom is 0.164 e. The van der Waals surface area contributed by atoms with E-state index in [-0.39, 0.29) is 0 Å². The average Bonchev–Trinajstić information content (AvgIpc) is 2.98. The Balaban J connectivity index is 1.54. The fourth-order valence-corrected chi connectivity index (χ4v) is 4.85. The van der Waals surface area contributed by atoms with E-state index in [0.29, 0.717) is 17.5 Å². The first-order valence-electron chi connectivity index (χ1n) is 13.1. The lowest BCUT2D eigenvalue weighted by molar-refractivity contribution is 1.07. The van der Waals surface area contributed by atoms with Crippen molar-refractivity contribution in [2.75, 3.05) is 0 Å². The maximum absolute atomic E-state index is 4.99. The molecule has 2 aromatic heterocycles. The van der Waals surface area contributed by atoms with Crippen LogP contribution < -0.4 is 0 Å². The molecule has 0 fully saturated rings. The zero-order chi connectivity index (χ0) is 26.8. The molecule has 0 amide bonds. The molecule has 0 saturated heterocycles. The predicted octanol–water partition coefficient (Wildman–Crippen LogP) is 8.74. The topological polar surface area (TPSA) is 51.6 Å².